The molecule has 4 rings (SSSR count). The van der Waals surface area contributed by atoms with E-state index in [-0.39, 0.29) is 29.7 Å². The Bertz CT molecular complexity index is 1420. The largest absolute Gasteiger partial charge is 0.504 e. The van der Waals surface area contributed by atoms with E-state index in [0.29, 0.717) is 27.5 Å². The van der Waals surface area contributed by atoms with Gasteiger partial charge in [-0.05, 0) is 47.9 Å². The lowest BCUT2D eigenvalue weighted by Gasteiger charge is -2.08. The molecule has 0 aliphatic rings. The summed E-state index contributed by atoms with van der Waals surface area (Å²) in [6, 6.07) is 16.8. The van der Waals surface area contributed by atoms with Crippen LogP contribution in [0.5, 0.6) is 17.4 Å². The molecule has 4 aromatic rings. The molecule has 0 fully saturated rings. The summed E-state index contributed by atoms with van der Waals surface area (Å²) >= 11 is 0. The molecule has 0 spiro atoms. The molecule has 4 N–H and O–H groups in total. The first-order valence-corrected chi connectivity index (χ1v) is 9.84. The molecule has 0 aliphatic heterocycles. The lowest BCUT2D eigenvalue weighted by Crippen LogP contribution is -2.08. The van der Waals surface area contributed by atoms with Gasteiger partial charge in [0, 0.05) is 22.6 Å². The predicted octanol–water partition coefficient (Wildman–Crippen LogP) is 4.13. The zero-order valence-corrected chi connectivity index (χ0v) is 17.2. The highest BCUT2D eigenvalue weighted by molar-refractivity contribution is 6.03. The fraction of sp³-hybridized carbons (Fsp3) is 0.0800. The predicted molar refractivity (Wildman–Crippen MR) is 123 cm³/mol. The number of pyridine rings is 1. The van der Waals surface area contributed by atoms with E-state index in [1.165, 1.54) is 25.3 Å². The molecule has 7 nitrogen and oxygen atoms in total. The van der Waals surface area contributed by atoms with Crippen molar-refractivity contribution in [1.82, 2.24) is 4.98 Å². The minimum Gasteiger partial charge on any atom is -0.504 e. The van der Waals surface area contributed by atoms with Crippen LogP contribution in [0.15, 0.2) is 70.5 Å². The number of aromatic hydroxyl groups is 3. The van der Waals surface area contributed by atoms with Crippen LogP contribution in [0.4, 0.5) is 0 Å². The number of hydrogen-bond donors (Lipinski definition) is 4. The van der Waals surface area contributed by atoms with Crippen LogP contribution in [0, 0.1) is 0 Å². The summed E-state index contributed by atoms with van der Waals surface area (Å²) in [5.74, 6) is -0.780. The van der Waals surface area contributed by atoms with Crippen LogP contribution in [0.1, 0.15) is 28.4 Å². The number of rotatable bonds is 5. The number of aromatic amines is 1. The Morgan fingerprint density at radius 3 is 2.31 bits per heavy atom. The van der Waals surface area contributed by atoms with Gasteiger partial charge in [-0.25, -0.2) is 0 Å². The van der Waals surface area contributed by atoms with Crippen molar-refractivity contribution in [3.8, 4) is 28.5 Å². The lowest BCUT2D eigenvalue weighted by molar-refractivity contribution is 0.101. The number of H-pyrrole nitrogens is 1. The second-order valence-electron chi connectivity index (χ2n) is 7.40. The SMILES string of the molecule is CC(=O)c1ccc(-c2ccc3c(=O)[nH]c(O)c(C=NCc4ccc(O)c(O)c4)c3c2)cc1. The zero-order valence-electron chi connectivity index (χ0n) is 17.2. The molecule has 0 saturated heterocycles. The maximum absolute atomic E-state index is 12.3. The molecule has 0 saturated carbocycles. The molecular formula is C25H20N2O5. The lowest BCUT2D eigenvalue weighted by atomic mass is 9.98. The molecule has 0 radical (unpaired) electrons. The van der Waals surface area contributed by atoms with Crippen LogP contribution < -0.4 is 5.56 Å². The molecule has 0 bridgehead atoms. The first-order valence-electron chi connectivity index (χ1n) is 9.84. The number of nitrogens with zero attached hydrogens (tertiary/aromatic N) is 1. The van der Waals surface area contributed by atoms with Gasteiger partial charge in [0.15, 0.2) is 17.3 Å². The molecule has 1 aromatic heterocycles. The molecule has 3 aromatic carbocycles. The molecule has 0 unspecified atom stereocenters. The van der Waals surface area contributed by atoms with Gasteiger partial charge in [-0.15, -0.1) is 0 Å². The smallest absolute Gasteiger partial charge is 0.258 e. The summed E-state index contributed by atoms with van der Waals surface area (Å²) < 4.78 is 0. The van der Waals surface area contributed by atoms with Gasteiger partial charge in [0.25, 0.3) is 5.56 Å². The molecule has 0 amide bonds. The minimum absolute atomic E-state index is 0.0213. The summed E-state index contributed by atoms with van der Waals surface area (Å²) in [4.78, 5) is 30.6. The first-order chi connectivity index (χ1) is 15.3. The third kappa shape index (κ3) is 4.09. The Morgan fingerprint density at radius 2 is 1.62 bits per heavy atom. The third-order valence-electron chi connectivity index (χ3n) is 5.20. The van der Waals surface area contributed by atoms with Crippen LogP contribution >= 0.6 is 0 Å². The Hall–Kier alpha value is -4.39. The molecule has 7 heteroatoms. The summed E-state index contributed by atoms with van der Waals surface area (Å²) in [5.41, 5.74) is 2.88. The topological polar surface area (TPSA) is 123 Å². The second-order valence-corrected chi connectivity index (χ2v) is 7.40. The van der Waals surface area contributed by atoms with Crippen molar-refractivity contribution >= 4 is 22.8 Å². The van der Waals surface area contributed by atoms with Gasteiger partial charge in [-0.3, -0.25) is 19.6 Å². The number of carbonyl (C=O) groups is 1. The number of Topliss-reactive ketones (excluding diaryl/α,β-unsaturated/α-hetero) is 1. The van der Waals surface area contributed by atoms with E-state index in [2.05, 4.69) is 9.98 Å². The van der Waals surface area contributed by atoms with Gasteiger partial charge in [0.2, 0.25) is 5.88 Å². The fourth-order valence-corrected chi connectivity index (χ4v) is 3.45. The van der Waals surface area contributed by atoms with Crippen LogP contribution in [0.3, 0.4) is 0 Å². The van der Waals surface area contributed by atoms with Crippen LogP contribution in [0.2, 0.25) is 0 Å². The monoisotopic (exact) mass is 428 g/mol. The highest BCUT2D eigenvalue weighted by Gasteiger charge is 2.11. The van der Waals surface area contributed by atoms with Crippen molar-refractivity contribution in [2.45, 2.75) is 13.5 Å². The summed E-state index contributed by atoms with van der Waals surface area (Å²) in [6.45, 7) is 1.70. The van der Waals surface area contributed by atoms with E-state index in [9.17, 15) is 24.9 Å². The van der Waals surface area contributed by atoms with Crippen molar-refractivity contribution in [1.29, 1.82) is 0 Å². The van der Waals surface area contributed by atoms with Gasteiger partial charge < -0.3 is 15.3 Å². The number of carbonyl (C=O) groups excluding carboxylic acids is 1. The molecule has 32 heavy (non-hydrogen) atoms. The Balaban J connectivity index is 1.74. The first kappa shape index (κ1) is 20.9. The molecule has 160 valence electrons. The summed E-state index contributed by atoms with van der Waals surface area (Å²) in [5, 5.41) is 30.3. The van der Waals surface area contributed by atoms with E-state index in [1.54, 1.807) is 36.4 Å². The highest BCUT2D eigenvalue weighted by atomic mass is 16.3. The Morgan fingerprint density at radius 1 is 0.906 bits per heavy atom. The average molecular weight is 428 g/mol. The molecular weight excluding hydrogens is 408 g/mol. The molecule has 1 heterocycles. The summed E-state index contributed by atoms with van der Waals surface area (Å²) in [6.07, 6.45) is 1.46. The van der Waals surface area contributed by atoms with E-state index < -0.39 is 5.56 Å². The van der Waals surface area contributed by atoms with Crippen LogP contribution in [-0.4, -0.2) is 32.3 Å². The van der Waals surface area contributed by atoms with Crippen molar-refractivity contribution in [3.63, 3.8) is 0 Å². The van der Waals surface area contributed by atoms with E-state index in [0.717, 1.165) is 11.1 Å². The minimum atomic E-state index is -0.420. The standard InChI is InChI=1S/C25H20N2O5/c1-14(28)16-3-5-17(6-4-16)18-7-8-19-20(11-18)21(25(32)27-24(19)31)13-26-12-15-2-9-22(29)23(30)10-15/h2-11,13,29-30H,12H2,1H3,(H2,27,31,32). The number of phenols is 2. The van der Waals surface area contributed by atoms with Crippen molar-refractivity contribution in [3.05, 3.63) is 87.7 Å². The second kappa shape index (κ2) is 8.39. The van der Waals surface area contributed by atoms with E-state index in [1.807, 2.05) is 12.1 Å². The van der Waals surface area contributed by atoms with E-state index in [4.69, 9.17) is 0 Å². The fourth-order valence-electron chi connectivity index (χ4n) is 3.45. The molecule has 0 atom stereocenters. The van der Waals surface area contributed by atoms with Crippen molar-refractivity contribution < 1.29 is 20.1 Å². The Labute approximate surface area is 183 Å². The quantitative estimate of drug-likeness (QED) is 0.216. The van der Waals surface area contributed by atoms with Crippen LogP contribution in [0.25, 0.3) is 21.9 Å². The summed E-state index contributed by atoms with van der Waals surface area (Å²) in [7, 11) is 0. The maximum Gasteiger partial charge on any atom is 0.258 e. The van der Waals surface area contributed by atoms with Gasteiger partial charge >= 0.3 is 0 Å². The number of aliphatic imine (C=N–C) groups is 1. The number of aromatic nitrogens is 1. The number of ketones is 1. The highest BCUT2D eigenvalue weighted by Crippen LogP contribution is 2.28. The number of hydrogen-bond acceptors (Lipinski definition) is 6. The van der Waals surface area contributed by atoms with Crippen molar-refractivity contribution in [2.24, 2.45) is 4.99 Å². The average Bonchev–Trinajstić information content (AvgIpc) is 2.78. The molecule has 0 aliphatic carbocycles. The van der Waals surface area contributed by atoms with Gasteiger partial charge in [-0.1, -0.05) is 36.4 Å². The number of benzene rings is 3. The Kier molecular flexibility index (Phi) is 5.47. The number of nitrogens with one attached hydrogen (secondary N) is 1. The van der Waals surface area contributed by atoms with Crippen LogP contribution in [-0.2, 0) is 6.54 Å². The van der Waals surface area contributed by atoms with E-state index >= 15 is 0 Å². The number of fused-ring (bicyclic) bond motifs is 1. The zero-order chi connectivity index (χ0) is 22.8. The van der Waals surface area contributed by atoms with Gasteiger partial charge in [-0.2, -0.15) is 0 Å². The normalized spacial score (nSPS) is 11.3. The van der Waals surface area contributed by atoms with Gasteiger partial charge in [0.05, 0.1) is 12.1 Å². The maximum atomic E-state index is 12.3. The number of phenolic OH excluding ortho intramolecular Hbond substituents is 2. The van der Waals surface area contributed by atoms with Crippen molar-refractivity contribution in [2.75, 3.05) is 0 Å². The van der Waals surface area contributed by atoms with Gasteiger partial charge in [0.1, 0.15) is 0 Å². The third-order valence-corrected chi connectivity index (χ3v) is 5.20.